The molecule has 0 bridgehead atoms. The SMILES string of the molecule is Cc1ccc2c(c1)c(N=NC(=O)CCCCCCCCC(=O)N=Nc1c(O)n(CC(C)C)c3ccc(C)cc13)c(O)n2CC(C)C. The Balaban J connectivity index is 1.19. The van der Waals surface area contributed by atoms with Gasteiger partial charge >= 0.3 is 0 Å². The number of azo groups is 2. The summed E-state index contributed by atoms with van der Waals surface area (Å²) in [5, 5.41) is 39.4. The van der Waals surface area contributed by atoms with Crippen molar-refractivity contribution >= 4 is 45.0 Å². The fraction of sp³-hybridized carbons (Fsp3) is 0.500. The predicted octanol–water partition coefficient (Wildman–Crippen LogP) is 9.98. The molecule has 2 N–H and O–H groups in total. The molecule has 2 aromatic carbocycles. The molecule has 0 fully saturated rings. The van der Waals surface area contributed by atoms with Gasteiger partial charge in [0, 0.05) is 36.7 Å². The Morgan fingerprint density at radius 3 is 1.37 bits per heavy atom. The first-order valence-electron chi connectivity index (χ1n) is 16.5. The fourth-order valence-electron chi connectivity index (χ4n) is 5.74. The van der Waals surface area contributed by atoms with E-state index in [4.69, 9.17) is 0 Å². The number of fused-ring (bicyclic) bond motifs is 2. The number of amides is 2. The normalized spacial score (nSPS) is 12.3. The maximum absolute atomic E-state index is 12.4. The quantitative estimate of drug-likeness (QED) is 0.100. The Morgan fingerprint density at radius 1 is 0.630 bits per heavy atom. The Hall–Kier alpha value is -4.34. The van der Waals surface area contributed by atoms with E-state index < -0.39 is 0 Å². The molecule has 4 aromatic rings. The van der Waals surface area contributed by atoms with E-state index in [2.05, 4.69) is 48.2 Å². The minimum atomic E-state index is -0.304. The van der Waals surface area contributed by atoms with Crippen molar-refractivity contribution in [2.45, 2.75) is 106 Å². The summed E-state index contributed by atoms with van der Waals surface area (Å²) in [5.41, 5.74) is 4.52. The average molecular weight is 629 g/mol. The summed E-state index contributed by atoms with van der Waals surface area (Å²) in [6.45, 7) is 13.6. The van der Waals surface area contributed by atoms with E-state index in [-0.39, 0.29) is 23.6 Å². The molecule has 0 aliphatic heterocycles. The van der Waals surface area contributed by atoms with Crippen molar-refractivity contribution in [3.63, 3.8) is 0 Å². The molecule has 2 amide bonds. The van der Waals surface area contributed by atoms with Crippen molar-refractivity contribution < 1.29 is 19.8 Å². The second-order valence-electron chi connectivity index (χ2n) is 13.2. The van der Waals surface area contributed by atoms with Crippen LogP contribution in [-0.2, 0) is 22.7 Å². The van der Waals surface area contributed by atoms with Crippen LogP contribution in [0.3, 0.4) is 0 Å². The number of aryl methyl sites for hydroxylation is 2. The van der Waals surface area contributed by atoms with Crippen molar-refractivity contribution in [1.82, 2.24) is 9.13 Å². The fourth-order valence-corrected chi connectivity index (χ4v) is 5.74. The molecule has 246 valence electrons. The van der Waals surface area contributed by atoms with Gasteiger partial charge in [0.25, 0.3) is 11.8 Å². The first kappa shape index (κ1) is 34.5. The van der Waals surface area contributed by atoms with Gasteiger partial charge in [0.2, 0.25) is 11.8 Å². The van der Waals surface area contributed by atoms with Crippen LogP contribution in [0, 0.1) is 25.7 Å². The van der Waals surface area contributed by atoms with E-state index in [1.165, 1.54) is 0 Å². The molecule has 0 unspecified atom stereocenters. The molecule has 2 aromatic heterocycles. The third-order valence-corrected chi connectivity index (χ3v) is 7.98. The van der Waals surface area contributed by atoms with Crippen LogP contribution in [-0.4, -0.2) is 31.2 Å². The van der Waals surface area contributed by atoms with Crippen LogP contribution in [0.15, 0.2) is 56.9 Å². The monoisotopic (exact) mass is 628 g/mol. The summed E-state index contributed by atoms with van der Waals surface area (Å²) in [6, 6.07) is 11.8. The topological polar surface area (TPSA) is 134 Å². The third kappa shape index (κ3) is 8.68. The highest BCUT2D eigenvalue weighted by molar-refractivity contribution is 5.96. The second kappa shape index (κ2) is 15.8. The first-order valence-corrected chi connectivity index (χ1v) is 16.5. The van der Waals surface area contributed by atoms with Crippen molar-refractivity contribution in [2.24, 2.45) is 32.3 Å². The summed E-state index contributed by atoms with van der Waals surface area (Å²) >= 11 is 0. The molecule has 0 atom stereocenters. The lowest BCUT2D eigenvalue weighted by atomic mass is 10.1. The molecule has 4 rings (SSSR count). The predicted molar refractivity (Wildman–Crippen MR) is 182 cm³/mol. The summed E-state index contributed by atoms with van der Waals surface area (Å²) in [4.78, 5) is 24.9. The minimum Gasteiger partial charge on any atom is -0.493 e. The van der Waals surface area contributed by atoms with Gasteiger partial charge in [0.1, 0.15) is 0 Å². The van der Waals surface area contributed by atoms with Gasteiger partial charge < -0.3 is 19.3 Å². The third-order valence-electron chi connectivity index (χ3n) is 7.98. The number of carbonyl (C=O) groups excluding carboxylic acids is 2. The number of hydrogen-bond acceptors (Lipinski definition) is 6. The maximum atomic E-state index is 12.4. The lowest BCUT2D eigenvalue weighted by Gasteiger charge is -2.09. The second-order valence-corrected chi connectivity index (χ2v) is 13.2. The zero-order valence-corrected chi connectivity index (χ0v) is 28.1. The number of rotatable bonds is 15. The number of carbonyl (C=O) groups is 2. The highest BCUT2D eigenvalue weighted by Gasteiger charge is 2.19. The van der Waals surface area contributed by atoms with Gasteiger partial charge in [-0.15, -0.1) is 20.5 Å². The van der Waals surface area contributed by atoms with Gasteiger partial charge in [0.05, 0.1) is 11.0 Å². The summed E-state index contributed by atoms with van der Waals surface area (Å²) in [6.07, 6.45) is 5.67. The van der Waals surface area contributed by atoms with E-state index in [1.807, 2.05) is 59.4 Å². The molecular weight excluding hydrogens is 580 g/mol. The summed E-state index contributed by atoms with van der Waals surface area (Å²) in [7, 11) is 0. The Labute approximate surface area is 271 Å². The van der Waals surface area contributed by atoms with E-state index in [9.17, 15) is 19.8 Å². The molecule has 0 aliphatic carbocycles. The molecule has 46 heavy (non-hydrogen) atoms. The van der Waals surface area contributed by atoms with Gasteiger partial charge in [-0.05, 0) is 62.8 Å². The van der Waals surface area contributed by atoms with Gasteiger partial charge in [-0.2, -0.15) is 0 Å². The van der Waals surface area contributed by atoms with Crippen LogP contribution in [0.4, 0.5) is 11.4 Å². The summed E-state index contributed by atoms with van der Waals surface area (Å²) < 4.78 is 3.65. The first-order chi connectivity index (χ1) is 22.0. The Kier molecular flexibility index (Phi) is 11.8. The number of aromatic nitrogens is 2. The van der Waals surface area contributed by atoms with Crippen LogP contribution in [0.2, 0.25) is 0 Å². The van der Waals surface area contributed by atoms with Gasteiger partial charge in [-0.1, -0.05) is 76.6 Å². The van der Waals surface area contributed by atoms with Gasteiger partial charge in [-0.3, -0.25) is 9.59 Å². The molecule has 0 radical (unpaired) electrons. The van der Waals surface area contributed by atoms with Crippen LogP contribution in [0.5, 0.6) is 11.8 Å². The lowest BCUT2D eigenvalue weighted by molar-refractivity contribution is -0.119. The maximum Gasteiger partial charge on any atom is 0.264 e. The van der Waals surface area contributed by atoms with Crippen molar-refractivity contribution in [1.29, 1.82) is 0 Å². The van der Waals surface area contributed by atoms with E-state index in [0.29, 0.717) is 62.0 Å². The van der Waals surface area contributed by atoms with Crippen molar-refractivity contribution in [2.75, 3.05) is 0 Å². The number of benzene rings is 2. The van der Waals surface area contributed by atoms with Crippen LogP contribution in [0.1, 0.15) is 90.2 Å². The van der Waals surface area contributed by atoms with Crippen LogP contribution < -0.4 is 0 Å². The van der Waals surface area contributed by atoms with Crippen molar-refractivity contribution in [3.05, 3.63) is 47.5 Å². The van der Waals surface area contributed by atoms with Crippen molar-refractivity contribution in [3.8, 4) is 11.8 Å². The smallest absolute Gasteiger partial charge is 0.264 e. The molecule has 0 saturated heterocycles. The van der Waals surface area contributed by atoms with Crippen LogP contribution >= 0.6 is 0 Å². The van der Waals surface area contributed by atoms with Gasteiger partial charge in [-0.25, -0.2) is 0 Å². The molecule has 0 aliphatic rings. The number of hydrogen-bond donors (Lipinski definition) is 2. The Morgan fingerprint density at radius 2 is 1.00 bits per heavy atom. The number of nitrogens with zero attached hydrogens (tertiary/aromatic N) is 6. The molecule has 2 heterocycles. The largest absolute Gasteiger partial charge is 0.493 e. The zero-order valence-electron chi connectivity index (χ0n) is 28.1. The molecule has 10 nitrogen and oxygen atoms in total. The molecular formula is C36H48N6O4. The summed E-state index contributed by atoms with van der Waals surface area (Å²) in [5.74, 6) is 0.128. The molecule has 10 heteroatoms. The number of aromatic hydroxyl groups is 2. The minimum absolute atomic E-state index is 0.0354. The molecule has 0 saturated carbocycles. The Bertz CT molecular complexity index is 1620. The van der Waals surface area contributed by atoms with E-state index >= 15 is 0 Å². The standard InChI is InChI=1S/C36H48N6O4/c1-23(2)21-41-29-17-15-25(5)19-27(29)33(35(41)45)39-37-31(43)13-11-9-7-8-10-12-14-32(44)38-40-34-28-20-26(6)16-18-30(28)42(36(34)46)22-24(3)4/h15-20,23-24,45-46H,7-14,21-22H2,1-6H3. The highest BCUT2D eigenvalue weighted by Crippen LogP contribution is 2.41. The molecule has 0 spiro atoms. The van der Waals surface area contributed by atoms with E-state index in [0.717, 1.165) is 58.6 Å². The lowest BCUT2D eigenvalue weighted by Crippen LogP contribution is -2.03. The number of unbranched alkanes of at least 4 members (excludes halogenated alkanes) is 5. The van der Waals surface area contributed by atoms with E-state index in [1.54, 1.807) is 0 Å². The zero-order chi connectivity index (χ0) is 33.4. The van der Waals surface area contributed by atoms with Crippen LogP contribution in [0.25, 0.3) is 21.8 Å². The van der Waals surface area contributed by atoms with Gasteiger partial charge in [0.15, 0.2) is 11.4 Å². The highest BCUT2D eigenvalue weighted by atomic mass is 16.3. The average Bonchev–Trinajstić information content (AvgIpc) is 3.39.